The highest BCUT2D eigenvalue weighted by atomic mass is 16.2. The van der Waals surface area contributed by atoms with Gasteiger partial charge in [-0.15, -0.1) is 0 Å². The average molecular weight is 281 g/mol. The summed E-state index contributed by atoms with van der Waals surface area (Å²) in [7, 11) is 2.07. The lowest BCUT2D eigenvalue weighted by molar-refractivity contribution is -0.124. The van der Waals surface area contributed by atoms with Crippen molar-refractivity contribution >= 4 is 5.91 Å². The first kappa shape index (κ1) is 15.8. The van der Waals surface area contributed by atoms with Crippen molar-refractivity contribution in [3.05, 3.63) is 0 Å². The number of carbonyl (C=O) groups is 1. The second-order valence-electron chi connectivity index (χ2n) is 6.86. The smallest absolute Gasteiger partial charge is 0.234 e. The lowest BCUT2D eigenvalue weighted by Gasteiger charge is -2.36. The SMILES string of the molecule is CC1CCCC(NC(=O)CN(C)C2CCCNC2)C1C. The summed E-state index contributed by atoms with van der Waals surface area (Å²) in [5, 5.41) is 6.68. The number of nitrogens with one attached hydrogen (secondary N) is 2. The van der Waals surface area contributed by atoms with E-state index in [0.717, 1.165) is 25.4 Å². The first-order valence-electron chi connectivity index (χ1n) is 8.28. The minimum absolute atomic E-state index is 0.198. The van der Waals surface area contributed by atoms with Gasteiger partial charge in [-0.25, -0.2) is 0 Å². The minimum atomic E-state index is 0.198. The summed E-state index contributed by atoms with van der Waals surface area (Å²) in [6, 6.07) is 0.890. The molecule has 0 aromatic rings. The van der Waals surface area contributed by atoms with Crippen LogP contribution in [0.1, 0.15) is 46.0 Å². The number of piperidine rings is 1. The molecule has 2 N–H and O–H groups in total. The molecule has 1 amide bonds. The quantitative estimate of drug-likeness (QED) is 0.823. The maximum atomic E-state index is 12.2. The van der Waals surface area contributed by atoms with Crippen LogP contribution in [0.25, 0.3) is 0 Å². The van der Waals surface area contributed by atoms with E-state index in [-0.39, 0.29) is 5.91 Å². The Balaban J connectivity index is 1.76. The van der Waals surface area contributed by atoms with Crippen LogP contribution in [-0.4, -0.2) is 49.6 Å². The second kappa shape index (κ2) is 7.41. The van der Waals surface area contributed by atoms with E-state index in [9.17, 15) is 4.79 Å². The average Bonchev–Trinajstić information content (AvgIpc) is 2.45. The minimum Gasteiger partial charge on any atom is -0.352 e. The molecule has 2 fully saturated rings. The van der Waals surface area contributed by atoms with Gasteiger partial charge in [-0.2, -0.15) is 0 Å². The van der Waals surface area contributed by atoms with Gasteiger partial charge in [0.2, 0.25) is 5.91 Å². The van der Waals surface area contributed by atoms with Crippen LogP contribution in [0.5, 0.6) is 0 Å². The normalized spacial score (nSPS) is 35.0. The molecule has 1 saturated heterocycles. The van der Waals surface area contributed by atoms with Crippen LogP contribution in [-0.2, 0) is 4.79 Å². The summed E-state index contributed by atoms with van der Waals surface area (Å²) in [5.74, 6) is 1.53. The zero-order valence-electron chi connectivity index (χ0n) is 13.3. The van der Waals surface area contributed by atoms with Crippen molar-refractivity contribution in [2.45, 2.75) is 58.0 Å². The molecule has 1 saturated carbocycles. The molecule has 116 valence electrons. The Hall–Kier alpha value is -0.610. The Labute approximate surface area is 123 Å². The summed E-state index contributed by atoms with van der Waals surface area (Å²) in [6.45, 7) is 7.25. The highest BCUT2D eigenvalue weighted by molar-refractivity contribution is 5.78. The van der Waals surface area contributed by atoms with Crippen LogP contribution in [0.2, 0.25) is 0 Å². The van der Waals surface area contributed by atoms with E-state index in [0.29, 0.717) is 24.5 Å². The van der Waals surface area contributed by atoms with Crippen LogP contribution in [0, 0.1) is 11.8 Å². The first-order valence-corrected chi connectivity index (χ1v) is 8.28. The van der Waals surface area contributed by atoms with Crippen LogP contribution < -0.4 is 10.6 Å². The lowest BCUT2D eigenvalue weighted by atomic mass is 9.78. The van der Waals surface area contributed by atoms with E-state index in [2.05, 4.69) is 36.4 Å². The van der Waals surface area contributed by atoms with Crippen LogP contribution in [0.3, 0.4) is 0 Å². The number of nitrogens with zero attached hydrogens (tertiary/aromatic N) is 1. The van der Waals surface area contributed by atoms with Crippen LogP contribution >= 0.6 is 0 Å². The van der Waals surface area contributed by atoms with E-state index in [1.807, 2.05) is 0 Å². The van der Waals surface area contributed by atoms with Crippen molar-refractivity contribution in [3.63, 3.8) is 0 Å². The Kier molecular flexibility index (Phi) is 5.85. The highest BCUT2D eigenvalue weighted by Crippen LogP contribution is 2.29. The maximum Gasteiger partial charge on any atom is 0.234 e. The van der Waals surface area contributed by atoms with Gasteiger partial charge in [-0.3, -0.25) is 9.69 Å². The lowest BCUT2D eigenvalue weighted by Crippen LogP contribution is -2.50. The van der Waals surface area contributed by atoms with Crippen molar-refractivity contribution in [1.29, 1.82) is 0 Å². The molecular weight excluding hydrogens is 250 g/mol. The monoisotopic (exact) mass is 281 g/mol. The molecule has 4 heteroatoms. The fraction of sp³-hybridized carbons (Fsp3) is 0.938. The zero-order chi connectivity index (χ0) is 14.5. The van der Waals surface area contributed by atoms with Gasteiger partial charge in [-0.1, -0.05) is 26.7 Å². The molecule has 20 heavy (non-hydrogen) atoms. The molecule has 1 aliphatic heterocycles. The van der Waals surface area contributed by atoms with E-state index < -0.39 is 0 Å². The van der Waals surface area contributed by atoms with Gasteiger partial charge < -0.3 is 10.6 Å². The Morgan fingerprint density at radius 1 is 1.25 bits per heavy atom. The van der Waals surface area contributed by atoms with Crippen molar-refractivity contribution in [1.82, 2.24) is 15.5 Å². The maximum absolute atomic E-state index is 12.2. The molecule has 0 radical (unpaired) electrons. The number of rotatable bonds is 4. The molecule has 1 aliphatic carbocycles. The summed E-state index contributed by atoms with van der Waals surface area (Å²) < 4.78 is 0. The predicted octanol–water partition coefficient (Wildman–Crippen LogP) is 1.61. The summed E-state index contributed by atoms with van der Waals surface area (Å²) in [5.41, 5.74) is 0. The summed E-state index contributed by atoms with van der Waals surface area (Å²) in [4.78, 5) is 14.5. The van der Waals surface area contributed by atoms with Crippen LogP contribution in [0.4, 0.5) is 0 Å². The fourth-order valence-electron chi connectivity index (χ4n) is 3.60. The Morgan fingerprint density at radius 2 is 2.05 bits per heavy atom. The molecular formula is C16H31N3O. The topological polar surface area (TPSA) is 44.4 Å². The van der Waals surface area contributed by atoms with Gasteiger partial charge >= 0.3 is 0 Å². The van der Waals surface area contributed by atoms with Gasteiger partial charge in [0.15, 0.2) is 0 Å². The number of hydrogen-bond acceptors (Lipinski definition) is 3. The van der Waals surface area contributed by atoms with E-state index in [4.69, 9.17) is 0 Å². The summed E-state index contributed by atoms with van der Waals surface area (Å²) in [6.07, 6.45) is 6.12. The molecule has 0 aromatic carbocycles. The van der Waals surface area contributed by atoms with Crippen LogP contribution in [0.15, 0.2) is 0 Å². The van der Waals surface area contributed by atoms with Gasteiger partial charge in [0.25, 0.3) is 0 Å². The van der Waals surface area contributed by atoms with Gasteiger partial charge in [-0.05, 0) is 44.7 Å². The van der Waals surface area contributed by atoms with Crippen molar-refractivity contribution in [2.75, 3.05) is 26.7 Å². The van der Waals surface area contributed by atoms with E-state index in [1.165, 1.54) is 25.7 Å². The van der Waals surface area contributed by atoms with Gasteiger partial charge in [0.05, 0.1) is 6.54 Å². The van der Waals surface area contributed by atoms with Crippen molar-refractivity contribution in [3.8, 4) is 0 Å². The number of amides is 1. The predicted molar refractivity (Wildman–Crippen MR) is 82.6 cm³/mol. The van der Waals surface area contributed by atoms with E-state index >= 15 is 0 Å². The van der Waals surface area contributed by atoms with Gasteiger partial charge in [0.1, 0.15) is 0 Å². The highest BCUT2D eigenvalue weighted by Gasteiger charge is 2.28. The van der Waals surface area contributed by atoms with Crippen molar-refractivity contribution in [2.24, 2.45) is 11.8 Å². The molecule has 0 spiro atoms. The zero-order valence-corrected chi connectivity index (χ0v) is 13.3. The molecule has 4 unspecified atom stereocenters. The first-order chi connectivity index (χ1) is 9.58. The number of carbonyl (C=O) groups excluding carboxylic acids is 1. The second-order valence-corrected chi connectivity index (χ2v) is 6.86. The number of likely N-dealkylation sites (N-methyl/N-ethyl adjacent to an activating group) is 1. The third-order valence-corrected chi connectivity index (χ3v) is 5.34. The largest absolute Gasteiger partial charge is 0.352 e. The summed E-state index contributed by atoms with van der Waals surface area (Å²) >= 11 is 0. The Bertz CT molecular complexity index is 315. The molecule has 4 atom stereocenters. The molecule has 2 rings (SSSR count). The van der Waals surface area contributed by atoms with Crippen molar-refractivity contribution < 1.29 is 4.79 Å². The van der Waals surface area contributed by atoms with E-state index in [1.54, 1.807) is 0 Å². The standard InChI is InChI=1S/C16H31N3O/c1-12-6-4-8-15(13(12)2)18-16(20)11-19(3)14-7-5-9-17-10-14/h12-15,17H,4-11H2,1-3H3,(H,18,20). The number of hydrogen-bond donors (Lipinski definition) is 2. The molecule has 2 aliphatic rings. The van der Waals surface area contributed by atoms with Gasteiger partial charge in [0, 0.05) is 18.6 Å². The molecule has 4 nitrogen and oxygen atoms in total. The molecule has 0 aromatic heterocycles. The third kappa shape index (κ3) is 4.19. The molecule has 0 bridgehead atoms. The molecule has 1 heterocycles. The third-order valence-electron chi connectivity index (χ3n) is 5.34. The Morgan fingerprint density at radius 3 is 2.75 bits per heavy atom. The fourth-order valence-corrected chi connectivity index (χ4v) is 3.60.